The van der Waals surface area contributed by atoms with Gasteiger partial charge in [-0.3, -0.25) is 4.98 Å². The molecule has 4 aromatic rings. The highest BCUT2D eigenvalue weighted by atomic mass is 32.1. The van der Waals surface area contributed by atoms with Crippen molar-refractivity contribution < 1.29 is 2.74 Å². The molecule has 29 heavy (non-hydrogen) atoms. The molecule has 4 rings (SSSR count). The van der Waals surface area contributed by atoms with Crippen LogP contribution in [0.2, 0.25) is 0 Å². The molecule has 0 atom stereocenters. The highest BCUT2D eigenvalue weighted by Crippen LogP contribution is 2.42. The average Bonchev–Trinajstić information content (AvgIpc) is 3.08. The summed E-state index contributed by atoms with van der Waals surface area (Å²) in [4.78, 5) is 5.84. The standard InChI is InChI=1S/C27H29NS/c1-16(2)22-8-7-9-23(17(3)4)27(22)25-14-21-13-24(28-15-26(21)29-25)20-11-18(5)10-19(6)12-20/h7-17H,1-6H3/i16D,17D. The van der Waals surface area contributed by atoms with E-state index < -0.39 is 11.8 Å². The van der Waals surface area contributed by atoms with Crippen LogP contribution in [0.4, 0.5) is 0 Å². The summed E-state index contributed by atoms with van der Waals surface area (Å²) in [6, 6.07) is 16.9. The fourth-order valence-corrected chi connectivity index (χ4v) is 5.09. The van der Waals surface area contributed by atoms with Gasteiger partial charge in [-0.25, -0.2) is 0 Å². The molecule has 0 aliphatic carbocycles. The molecule has 0 fully saturated rings. The van der Waals surface area contributed by atoms with Crippen LogP contribution >= 0.6 is 11.3 Å². The number of nitrogens with zero attached hydrogens (tertiary/aromatic N) is 1. The minimum Gasteiger partial charge on any atom is -0.255 e. The normalized spacial score (nSPS) is 13.4. The van der Waals surface area contributed by atoms with Crippen molar-refractivity contribution in [1.29, 1.82) is 0 Å². The Kier molecular flexibility index (Phi) is 4.66. The lowest BCUT2D eigenvalue weighted by atomic mass is 9.88. The van der Waals surface area contributed by atoms with Crippen LogP contribution in [-0.2, 0) is 0 Å². The Morgan fingerprint density at radius 3 is 2.07 bits per heavy atom. The van der Waals surface area contributed by atoms with Crippen molar-refractivity contribution >= 4 is 21.4 Å². The van der Waals surface area contributed by atoms with Gasteiger partial charge in [0.05, 0.1) is 10.4 Å². The van der Waals surface area contributed by atoms with Crippen LogP contribution in [0.3, 0.4) is 0 Å². The third-order valence-electron chi connectivity index (χ3n) is 5.31. The summed E-state index contributed by atoms with van der Waals surface area (Å²) in [7, 11) is 0. The molecule has 2 aromatic carbocycles. The molecule has 0 saturated heterocycles. The maximum Gasteiger partial charge on any atom is 0.0709 e. The van der Waals surface area contributed by atoms with Gasteiger partial charge in [0.1, 0.15) is 0 Å². The molecule has 0 unspecified atom stereocenters. The molecule has 0 aliphatic rings. The number of aryl methyl sites for hydroxylation is 2. The zero-order valence-electron chi connectivity index (χ0n) is 20.1. The van der Waals surface area contributed by atoms with E-state index in [2.05, 4.69) is 44.2 Å². The van der Waals surface area contributed by atoms with Crippen LogP contribution in [0.1, 0.15) is 64.5 Å². The molecule has 148 valence electrons. The van der Waals surface area contributed by atoms with E-state index in [0.717, 1.165) is 42.9 Å². The largest absolute Gasteiger partial charge is 0.255 e. The van der Waals surface area contributed by atoms with E-state index >= 15 is 0 Å². The van der Waals surface area contributed by atoms with Gasteiger partial charge in [0.25, 0.3) is 0 Å². The molecule has 2 heteroatoms. The Hall–Kier alpha value is -2.45. The Balaban J connectivity index is 1.92. The van der Waals surface area contributed by atoms with Gasteiger partial charge in [-0.15, -0.1) is 11.3 Å². The van der Waals surface area contributed by atoms with E-state index in [1.165, 1.54) is 11.1 Å². The van der Waals surface area contributed by atoms with E-state index in [1.54, 1.807) is 11.3 Å². The van der Waals surface area contributed by atoms with Crippen molar-refractivity contribution in [3.63, 3.8) is 0 Å². The molecule has 0 bridgehead atoms. The van der Waals surface area contributed by atoms with Gasteiger partial charge in [0, 0.05) is 19.4 Å². The molecular formula is C27H29NS. The highest BCUT2D eigenvalue weighted by Gasteiger charge is 2.17. The topological polar surface area (TPSA) is 12.9 Å². The third kappa shape index (κ3) is 3.86. The van der Waals surface area contributed by atoms with Gasteiger partial charge in [0.15, 0.2) is 0 Å². The Morgan fingerprint density at radius 1 is 0.862 bits per heavy atom. The molecule has 1 nitrogen and oxygen atoms in total. The summed E-state index contributed by atoms with van der Waals surface area (Å²) >= 11 is 1.69. The quantitative estimate of drug-likeness (QED) is 0.334. The van der Waals surface area contributed by atoms with Crippen LogP contribution in [-0.4, -0.2) is 4.98 Å². The van der Waals surface area contributed by atoms with Crippen molar-refractivity contribution in [2.24, 2.45) is 0 Å². The lowest BCUT2D eigenvalue weighted by Crippen LogP contribution is -1.98. The second kappa shape index (κ2) is 7.76. The molecule has 0 N–H and O–H groups in total. The van der Waals surface area contributed by atoms with Crippen molar-refractivity contribution in [2.75, 3.05) is 0 Å². The van der Waals surface area contributed by atoms with Gasteiger partial charge in [0.2, 0.25) is 0 Å². The zero-order chi connectivity index (χ0) is 22.6. The smallest absolute Gasteiger partial charge is 0.0709 e. The number of thiophene rings is 1. The molecule has 0 aliphatic heterocycles. The van der Waals surface area contributed by atoms with Crippen LogP contribution in [0.5, 0.6) is 0 Å². The van der Waals surface area contributed by atoms with E-state index in [4.69, 9.17) is 7.73 Å². The fourth-order valence-electron chi connectivity index (χ4n) is 4.00. The maximum absolute atomic E-state index is 8.72. The first kappa shape index (κ1) is 17.4. The lowest BCUT2D eigenvalue weighted by molar-refractivity contribution is 0.839. The number of fused-ring (bicyclic) bond motifs is 1. The summed E-state index contributed by atoms with van der Waals surface area (Å²) in [5.41, 5.74) is 7.51. The molecule has 2 aromatic heterocycles. The van der Waals surface area contributed by atoms with Gasteiger partial charge < -0.3 is 0 Å². The van der Waals surface area contributed by atoms with Gasteiger partial charge in [-0.2, -0.15) is 0 Å². The minimum absolute atomic E-state index is 0.755. The molecule has 2 heterocycles. The first-order valence-electron chi connectivity index (χ1n) is 11.1. The molecule has 0 saturated carbocycles. The molecular weight excluding hydrogens is 370 g/mol. The van der Waals surface area contributed by atoms with Crippen molar-refractivity contribution in [3.05, 3.63) is 77.0 Å². The number of hydrogen-bond donors (Lipinski definition) is 0. The van der Waals surface area contributed by atoms with Gasteiger partial charge >= 0.3 is 0 Å². The Labute approximate surface area is 181 Å². The van der Waals surface area contributed by atoms with Gasteiger partial charge in [-0.1, -0.05) is 63.1 Å². The van der Waals surface area contributed by atoms with Crippen molar-refractivity contribution in [1.82, 2.24) is 4.98 Å². The predicted molar refractivity (Wildman–Crippen MR) is 128 cm³/mol. The zero-order valence-corrected chi connectivity index (χ0v) is 18.9. The fraction of sp³-hybridized carbons (Fsp3) is 0.296. The maximum atomic E-state index is 8.72. The van der Waals surface area contributed by atoms with E-state index in [-0.39, 0.29) is 0 Å². The van der Waals surface area contributed by atoms with Crippen molar-refractivity contribution in [3.8, 4) is 21.7 Å². The first-order chi connectivity index (χ1) is 14.4. The summed E-state index contributed by atoms with van der Waals surface area (Å²) in [5, 5.41) is 1.15. The second-order valence-electron chi connectivity index (χ2n) is 8.32. The van der Waals surface area contributed by atoms with E-state index in [1.807, 2.05) is 52.1 Å². The summed E-state index contributed by atoms with van der Waals surface area (Å²) in [5.74, 6) is -1.51. The molecule has 0 amide bonds. The highest BCUT2D eigenvalue weighted by molar-refractivity contribution is 7.22. The summed E-state index contributed by atoms with van der Waals surface area (Å²) < 4.78 is 18.6. The number of rotatable bonds is 4. The van der Waals surface area contributed by atoms with Gasteiger partial charge in [-0.05, 0) is 72.0 Å². The molecule has 0 spiro atoms. The molecule has 0 radical (unpaired) electrons. The van der Waals surface area contributed by atoms with E-state index in [9.17, 15) is 0 Å². The number of benzene rings is 2. The van der Waals surface area contributed by atoms with Crippen LogP contribution in [0, 0.1) is 13.8 Å². The van der Waals surface area contributed by atoms with Crippen LogP contribution in [0.15, 0.2) is 54.7 Å². The SMILES string of the molecule is [2H]C(C)(C)c1cccc(C([2H])(C)C)c1-c1cc2cc(-c3cc(C)cc(C)c3)ncc2s1. The monoisotopic (exact) mass is 401 g/mol. The first-order valence-corrected chi connectivity index (χ1v) is 10.9. The average molecular weight is 402 g/mol. The minimum atomic E-state index is -0.755. The summed E-state index contributed by atoms with van der Waals surface area (Å²) in [6.07, 6.45) is 1.95. The predicted octanol–water partition coefficient (Wildman–Crippen LogP) is 8.49. The van der Waals surface area contributed by atoms with Crippen LogP contribution < -0.4 is 0 Å². The lowest BCUT2D eigenvalue weighted by Gasteiger charge is -2.18. The summed E-state index contributed by atoms with van der Waals surface area (Å²) in [6.45, 7) is 11.9. The van der Waals surface area contributed by atoms with Crippen molar-refractivity contribution in [2.45, 2.75) is 53.3 Å². The number of aromatic nitrogens is 1. The second-order valence-corrected chi connectivity index (χ2v) is 9.41. The Morgan fingerprint density at radius 2 is 1.48 bits per heavy atom. The van der Waals surface area contributed by atoms with Crippen LogP contribution in [0.25, 0.3) is 31.8 Å². The third-order valence-corrected chi connectivity index (χ3v) is 6.41. The number of hydrogen-bond acceptors (Lipinski definition) is 2. The van der Waals surface area contributed by atoms with E-state index in [0.29, 0.717) is 0 Å². The number of pyridine rings is 1. The Bertz CT molecular complexity index is 1220.